The Balaban J connectivity index is 1.70. The number of furan rings is 1. The highest BCUT2D eigenvalue weighted by Gasteiger charge is 2.14. The van der Waals surface area contributed by atoms with Crippen LogP contribution >= 0.6 is 0 Å². The van der Waals surface area contributed by atoms with Crippen molar-refractivity contribution in [2.75, 3.05) is 6.54 Å². The van der Waals surface area contributed by atoms with Gasteiger partial charge in [0.1, 0.15) is 11.8 Å². The number of nitrogens with two attached hydrogens (primary N) is 1. The van der Waals surface area contributed by atoms with E-state index < -0.39 is 0 Å². The Morgan fingerprint density at radius 2 is 1.81 bits per heavy atom. The summed E-state index contributed by atoms with van der Waals surface area (Å²) in [6.45, 7) is 0.377. The molecule has 0 aliphatic carbocycles. The molecule has 1 aromatic heterocycles. The molecule has 2 aromatic carbocycles. The molecule has 1 amide bonds. The van der Waals surface area contributed by atoms with Gasteiger partial charge in [0.25, 0.3) is 5.91 Å². The lowest BCUT2D eigenvalue weighted by Gasteiger charge is -2.12. The summed E-state index contributed by atoms with van der Waals surface area (Å²) in [7, 11) is 0. The third-order valence-electron chi connectivity index (χ3n) is 3.44. The van der Waals surface area contributed by atoms with Crippen molar-refractivity contribution in [1.82, 2.24) is 5.32 Å². The maximum absolute atomic E-state index is 12.2. The molecular formula is C17H16N2O2. The Labute approximate surface area is 122 Å². The second-order valence-corrected chi connectivity index (χ2v) is 4.87. The predicted molar refractivity (Wildman–Crippen MR) is 81.9 cm³/mol. The first-order valence-corrected chi connectivity index (χ1v) is 6.80. The zero-order chi connectivity index (χ0) is 14.7. The summed E-state index contributed by atoms with van der Waals surface area (Å²) in [6, 6.07) is 16.9. The normalized spacial score (nSPS) is 12.2. The minimum Gasteiger partial charge on any atom is -0.463 e. The van der Waals surface area contributed by atoms with Gasteiger partial charge in [-0.15, -0.1) is 0 Å². The van der Waals surface area contributed by atoms with Crippen LogP contribution in [0.2, 0.25) is 0 Å². The lowest BCUT2D eigenvalue weighted by atomic mass is 10.1. The molecule has 3 rings (SSSR count). The van der Waals surface area contributed by atoms with Gasteiger partial charge in [-0.05, 0) is 11.6 Å². The van der Waals surface area contributed by atoms with Crippen molar-refractivity contribution in [2.24, 2.45) is 5.73 Å². The molecule has 0 bridgehead atoms. The zero-order valence-electron chi connectivity index (χ0n) is 11.5. The Bertz CT molecular complexity index is 750. The van der Waals surface area contributed by atoms with Crippen LogP contribution in [0.15, 0.2) is 65.3 Å². The summed E-state index contributed by atoms with van der Waals surface area (Å²) in [5, 5.41) is 3.66. The standard InChI is InChI=1S/C17H16N2O2/c18-15(12-6-2-1-3-7-12)10-19-17(20)14-11-21-16-9-5-4-8-13(14)16/h1-9,11,15H,10,18H2,(H,19,20). The zero-order valence-corrected chi connectivity index (χ0v) is 11.5. The lowest BCUT2D eigenvalue weighted by Crippen LogP contribution is -2.31. The van der Waals surface area contributed by atoms with E-state index in [9.17, 15) is 4.79 Å². The number of para-hydroxylation sites is 1. The van der Waals surface area contributed by atoms with Gasteiger partial charge in [-0.25, -0.2) is 0 Å². The average Bonchev–Trinajstić information content (AvgIpc) is 2.97. The third kappa shape index (κ3) is 2.80. The van der Waals surface area contributed by atoms with Gasteiger partial charge in [0.2, 0.25) is 0 Å². The van der Waals surface area contributed by atoms with E-state index in [0.29, 0.717) is 17.7 Å². The van der Waals surface area contributed by atoms with Crippen molar-refractivity contribution in [2.45, 2.75) is 6.04 Å². The number of rotatable bonds is 4. The van der Waals surface area contributed by atoms with Crippen molar-refractivity contribution in [3.05, 3.63) is 72.0 Å². The number of carbonyl (C=O) groups excluding carboxylic acids is 1. The van der Waals surface area contributed by atoms with E-state index in [0.717, 1.165) is 10.9 Å². The SMILES string of the molecule is NC(CNC(=O)c1coc2ccccc12)c1ccccc1. The number of amides is 1. The van der Waals surface area contributed by atoms with E-state index in [1.54, 1.807) is 0 Å². The summed E-state index contributed by atoms with van der Waals surface area (Å²) < 4.78 is 5.37. The minimum atomic E-state index is -0.228. The number of hydrogen-bond acceptors (Lipinski definition) is 3. The fraction of sp³-hybridized carbons (Fsp3) is 0.118. The first kappa shape index (κ1) is 13.4. The van der Waals surface area contributed by atoms with Crippen LogP contribution in [0, 0.1) is 0 Å². The summed E-state index contributed by atoms with van der Waals surface area (Å²) in [4.78, 5) is 12.2. The van der Waals surface area contributed by atoms with Crippen molar-refractivity contribution in [3.63, 3.8) is 0 Å². The van der Waals surface area contributed by atoms with Crippen LogP contribution in [0.25, 0.3) is 11.0 Å². The number of carbonyl (C=O) groups is 1. The summed E-state index contributed by atoms with van der Waals surface area (Å²) in [5.74, 6) is -0.175. The van der Waals surface area contributed by atoms with Gasteiger partial charge < -0.3 is 15.5 Å². The average molecular weight is 280 g/mol. The van der Waals surface area contributed by atoms with Gasteiger partial charge in [-0.1, -0.05) is 48.5 Å². The van der Waals surface area contributed by atoms with Crippen molar-refractivity contribution in [3.8, 4) is 0 Å². The first-order chi connectivity index (χ1) is 10.3. The molecule has 3 aromatic rings. The summed E-state index contributed by atoms with van der Waals surface area (Å²) >= 11 is 0. The molecule has 0 saturated carbocycles. The number of hydrogen-bond donors (Lipinski definition) is 2. The molecule has 0 saturated heterocycles. The second kappa shape index (κ2) is 5.81. The van der Waals surface area contributed by atoms with Crippen LogP contribution in [-0.2, 0) is 0 Å². The molecular weight excluding hydrogens is 264 g/mol. The number of fused-ring (bicyclic) bond motifs is 1. The Kier molecular flexibility index (Phi) is 3.71. The molecule has 1 atom stereocenters. The maximum Gasteiger partial charge on any atom is 0.255 e. The smallest absolute Gasteiger partial charge is 0.255 e. The predicted octanol–water partition coefficient (Wildman–Crippen LogP) is 2.86. The Morgan fingerprint density at radius 1 is 1.10 bits per heavy atom. The molecule has 0 spiro atoms. The van der Waals surface area contributed by atoms with Gasteiger partial charge in [-0.3, -0.25) is 4.79 Å². The largest absolute Gasteiger partial charge is 0.463 e. The fourth-order valence-electron chi connectivity index (χ4n) is 2.27. The molecule has 0 aliphatic rings. The molecule has 4 heteroatoms. The number of nitrogens with one attached hydrogen (secondary N) is 1. The van der Waals surface area contributed by atoms with Crippen molar-refractivity contribution in [1.29, 1.82) is 0 Å². The summed E-state index contributed by atoms with van der Waals surface area (Å²) in [6.07, 6.45) is 1.48. The molecule has 0 fully saturated rings. The molecule has 1 unspecified atom stereocenters. The van der Waals surface area contributed by atoms with Crippen LogP contribution in [-0.4, -0.2) is 12.5 Å². The molecule has 3 N–H and O–H groups in total. The van der Waals surface area contributed by atoms with Crippen molar-refractivity contribution >= 4 is 16.9 Å². The summed E-state index contributed by atoms with van der Waals surface area (Å²) in [5.41, 5.74) is 8.30. The monoisotopic (exact) mass is 280 g/mol. The van der Waals surface area contributed by atoms with Crippen LogP contribution in [0.1, 0.15) is 22.0 Å². The second-order valence-electron chi connectivity index (χ2n) is 4.87. The van der Waals surface area contributed by atoms with Crippen LogP contribution < -0.4 is 11.1 Å². The van der Waals surface area contributed by atoms with E-state index in [4.69, 9.17) is 10.2 Å². The highest BCUT2D eigenvalue weighted by atomic mass is 16.3. The van der Waals surface area contributed by atoms with E-state index in [1.807, 2.05) is 54.6 Å². The quantitative estimate of drug-likeness (QED) is 0.772. The van der Waals surface area contributed by atoms with E-state index in [2.05, 4.69) is 5.32 Å². The molecule has 0 radical (unpaired) electrons. The topological polar surface area (TPSA) is 68.3 Å². The van der Waals surface area contributed by atoms with Crippen LogP contribution in [0.3, 0.4) is 0 Å². The molecule has 4 nitrogen and oxygen atoms in total. The van der Waals surface area contributed by atoms with E-state index >= 15 is 0 Å². The highest BCUT2D eigenvalue weighted by molar-refractivity contribution is 6.05. The lowest BCUT2D eigenvalue weighted by molar-refractivity contribution is 0.0952. The fourth-order valence-corrected chi connectivity index (χ4v) is 2.27. The first-order valence-electron chi connectivity index (χ1n) is 6.80. The molecule has 0 aliphatic heterocycles. The van der Waals surface area contributed by atoms with Gasteiger partial charge in [0.05, 0.1) is 5.56 Å². The van der Waals surface area contributed by atoms with Gasteiger partial charge in [-0.2, -0.15) is 0 Å². The van der Waals surface area contributed by atoms with Gasteiger partial charge >= 0.3 is 0 Å². The van der Waals surface area contributed by atoms with Gasteiger partial charge in [0, 0.05) is 18.0 Å². The van der Waals surface area contributed by atoms with Gasteiger partial charge in [0.15, 0.2) is 0 Å². The maximum atomic E-state index is 12.2. The Morgan fingerprint density at radius 3 is 2.62 bits per heavy atom. The van der Waals surface area contributed by atoms with Crippen LogP contribution in [0.4, 0.5) is 0 Å². The van der Waals surface area contributed by atoms with E-state index in [1.165, 1.54) is 6.26 Å². The molecule has 106 valence electrons. The van der Waals surface area contributed by atoms with Crippen molar-refractivity contribution < 1.29 is 9.21 Å². The minimum absolute atomic E-state index is 0.175. The third-order valence-corrected chi connectivity index (χ3v) is 3.44. The van der Waals surface area contributed by atoms with Crippen LogP contribution in [0.5, 0.6) is 0 Å². The Hall–Kier alpha value is -2.59. The van der Waals surface area contributed by atoms with E-state index in [-0.39, 0.29) is 11.9 Å². The molecule has 21 heavy (non-hydrogen) atoms. The number of benzene rings is 2. The molecule has 1 heterocycles. The highest BCUT2D eigenvalue weighted by Crippen LogP contribution is 2.20.